The van der Waals surface area contributed by atoms with E-state index in [0.717, 1.165) is 49.0 Å². The molecule has 3 aromatic rings. The smallest absolute Gasteiger partial charge is 0.191 e. The van der Waals surface area contributed by atoms with Gasteiger partial charge in [-0.25, -0.2) is 9.97 Å². The minimum absolute atomic E-state index is 0.401. The second-order valence-electron chi connectivity index (χ2n) is 8.07. The zero-order valence-electron chi connectivity index (χ0n) is 18.5. The second kappa shape index (κ2) is 9.64. The highest BCUT2D eigenvalue weighted by Gasteiger charge is 2.20. The number of benzene rings is 1. The molecule has 1 aliphatic heterocycles. The van der Waals surface area contributed by atoms with E-state index in [1.54, 1.807) is 0 Å². The average Bonchev–Trinajstić information content (AvgIpc) is 2.82. The molecule has 31 heavy (non-hydrogen) atoms. The number of nitrogens with zero attached hydrogens (tertiary/aromatic N) is 5. The number of pyridine rings is 2. The molecule has 1 aromatic carbocycles. The molecule has 0 unspecified atom stereocenters. The van der Waals surface area contributed by atoms with Gasteiger partial charge in [-0.2, -0.15) is 0 Å². The number of fused-ring (bicyclic) bond motifs is 1. The molecule has 0 spiro atoms. The summed E-state index contributed by atoms with van der Waals surface area (Å²) in [6.07, 6.45) is 3.97. The van der Waals surface area contributed by atoms with Gasteiger partial charge in [0.25, 0.3) is 0 Å². The maximum absolute atomic E-state index is 4.75. The van der Waals surface area contributed by atoms with Crippen molar-refractivity contribution in [1.29, 1.82) is 0 Å². The highest BCUT2D eigenvalue weighted by atomic mass is 15.2. The Morgan fingerprint density at radius 1 is 1.13 bits per heavy atom. The van der Waals surface area contributed by atoms with E-state index in [-0.39, 0.29) is 0 Å². The molecule has 3 heterocycles. The van der Waals surface area contributed by atoms with Gasteiger partial charge in [-0.05, 0) is 42.7 Å². The number of para-hydroxylation sites is 1. The van der Waals surface area contributed by atoms with Crippen molar-refractivity contribution in [3.05, 3.63) is 60.3 Å². The van der Waals surface area contributed by atoms with Crippen molar-refractivity contribution < 1.29 is 0 Å². The molecule has 162 valence electrons. The fraction of sp³-hybridized carbons (Fsp3) is 0.375. The van der Waals surface area contributed by atoms with Crippen molar-refractivity contribution in [1.82, 2.24) is 20.6 Å². The van der Waals surface area contributed by atoms with Gasteiger partial charge in [0.15, 0.2) is 5.96 Å². The number of guanidine groups is 1. The highest BCUT2D eigenvalue weighted by molar-refractivity contribution is 5.85. The number of aromatic nitrogens is 2. The first-order chi connectivity index (χ1) is 15.1. The Morgan fingerprint density at radius 3 is 2.61 bits per heavy atom. The van der Waals surface area contributed by atoms with Crippen LogP contribution in [0.1, 0.15) is 18.4 Å². The Balaban J connectivity index is 1.37. The van der Waals surface area contributed by atoms with Gasteiger partial charge in [0.2, 0.25) is 0 Å². The van der Waals surface area contributed by atoms with Crippen molar-refractivity contribution >= 4 is 28.5 Å². The summed E-state index contributed by atoms with van der Waals surface area (Å²) in [5.74, 6) is 2.86. The number of piperidine rings is 1. The number of anilines is 2. The van der Waals surface area contributed by atoms with E-state index in [1.807, 2.05) is 50.4 Å². The lowest BCUT2D eigenvalue weighted by Gasteiger charge is -2.33. The van der Waals surface area contributed by atoms with Gasteiger partial charge in [-0.15, -0.1) is 0 Å². The number of hydrogen-bond acceptors (Lipinski definition) is 5. The summed E-state index contributed by atoms with van der Waals surface area (Å²) >= 11 is 0. The molecule has 0 aliphatic carbocycles. The minimum atomic E-state index is 0.401. The van der Waals surface area contributed by atoms with Crippen molar-refractivity contribution in [3.8, 4) is 0 Å². The first kappa shape index (κ1) is 20.9. The minimum Gasteiger partial charge on any atom is -0.363 e. The number of rotatable bonds is 5. The van der Waals surface area contributed by atoms with Crippen LogP contribution >= 0.6 is 0 Å². The van der Waals surface area contributed by atoms with E-state index < -0.39 is 0 Å². The summed E-state index contributed by atoms with van der Waals surface area (Å²) in [6, 6.07) is 16.9. The summed E-state index contributed by atoms with van der Waals surface area (Å²) < 4.78 is 0. The Bertz CT molecular complexity index is 1020. The van der Waals surface area contributed by atoms with Crippen LogP contribution in [0.4, 0.5) is 11.6 Å². The second-order valence-corrected chi connectivity index (χ2v) is 8.07. The molecular formula is C24H31N7. The Hall–Kier alpha value is -3.35. The quantitative estimate of drug-likeness (QED) is 0.491. The monoisotopic (exact) mass is 417 g/mol. The Morgan fingerprint density at radius 2 is 1.90 bits per heavy atom. The standard InChI is InChI=1S/C24H31N7/c1-25-24(28-19-11-14-31(15-12-19)22-10-6-7-13-26-22)27-17-18-16-23(30(2)3)29-21-9-5-4-8-20(18)21/h4-10,13,16,19H,11-12,14-15,17H2,1-3H3,(H2,25,27,28). The lowest BCUT2D eigenvalue weighted by molar-refractivity contribution is 0.459. The van der Waals surface area contributed by atoms with Crippen molar-refractivity contribution in [2.24, 2.45) is 4.99 Å². The van der Waals surface area contributed by atoms with Crippen LogP contribution in [0.5, 0.6) is 0 Å². The lowest BCUT2D eigenvalue weighted by Crippen LogP contribution is -2.48. The van der Waals surface area contributed by atoms with Gasteiger partial charge >= 0.3 is 0 Å². The molecule has 7 heteroatoms. The first-order valence-electron chi connectivity index (χ1n) is 10.8. The SMILES string of the molecule is CN=C(NCc1cc(N(C)C)nc2ccccc12)NC1CCN(c2ccccn2)CC1. The molecule has 1 aliphatic rings. The van der Waals surface area contributed by atoms with Gasteiger partial charge in [-0.3, -0.25) is 4.99 Å². The van der Waals surface area contributed by atoms with Gasteiger partial charge in [0, 0.05) is 58.4 Å². The summed E-state index contributed by atoms with van der Waals surface area (Å²) in [5, 5.41) is 8.27. The average molecular weight is 418 g/mol. The molecule has 7 nitrogen and oxygen atoms in total. The number of nitrogens with one attached hydrogen (secondary N) is 2. The highest BCUT2D eigenvalue weighted by Crippen LogP contribution is 2.22. The van der Waals surface area contributed by atoms with Crippen molar-refractivity contribution in [3.63, 3.8) is 0 Å². The zero-order chi connectivity index (χ0) is 21.6. The van der Waals surface area contributed by atoms with E-state index in [9.17, 15) is 0 Å². The predicted molar refractivity (Wildman–Crippen MR) is 129 cm³/mol. The summed E-state index contributed by atoms with van der Waals surface area (Å²) in [5.41, 5.74) is 2.22. The van der Waals surface area contributed by atoms with E-state index in [2.05, 4.69) is 55.8 Å². The molecule has 2 N–H and O–H groups in total. The molecular weight excluding hydrogens is 386 g/mol. The maximum Gasteiger partial charge on any atom is 0.191 e. The maximum atomic E-state index is 4.75. The van der Waals surface area contributed by atoms with E-state index in [1.165, 1.54) is 10.9 Å². The molecule has 4 rings (SSSR count). The van der Waals surface area contributed by atoms with Gasteiger partial charge in [0.05, 0.1) is 5.52 Å². The Labute approximate surface area is 184 Å². The lowest BCUT2D eigenvalue weighted by atomic mass is 10.1. The van der Waals surface area contributed by atoms with Crippen LogP contribution in [-0.4, -0.2) is 56.2 Å². The van der Waals surface area contributed by atoms with Crippen LogP contribution < -0.4 is 20.4 Å². The third-order valence-electron chi connectivity index (χ3n) is 5.73. The number of aliphatic imine (C=N–C) groups is 1. The van der Waals surface area contributed by atoms with Crippen molar-refractivity contribution in [2.75, 3.05) is 44.0 Å². The fourth-order valence-electron chi connectivity index (χ4n) is 3.97. The molecule has 0 bridgehead atoms. The number of hydrogen-bond donors (Lipinski definition) is 2. The zero-order valence-corrected chi connectivity index (χ0v) is 18.5. The third kappa shape index (κ3) is 5.05. The molecule has 0 amide bonds. The molecule has 2 aromatic heterocycles. The van der Waals surface area contributed by atoms with Gasteiger partial charge < -0.3 is 20.4 Å². The summed E-state index contributed by atoms with van der Waals surface area (Å²) in [6.45, 7) is 2.68. The molecule has 1 fully saturated rings. The molecule has 0 atom stereocenters. The van der Waals surface area contributed by atoms with Crippen LogP contribution in [0, 0.1) is 0 Å². The topological polar surface area (TPSA) is 68.7 Å². The largest absolute Gasteiger partial charge is 0.363 e. The van der Waals surface area contributed by atoms with E-state index >= 15 is 0 Å². The third-order valence-corrected chi connectivity index (χ3v) is 5.73. The van der Waals surface area contributed by atoms with Crippen LogP contribution in [0.3, 0.4) is 0 Å². The molecule has 1 saturated heterocycles. The van der Waals surface area contributed by atoms with Gasteiger partial charge in [-0.1, -0.05) is 24.3 Å². The summed E-state index contributed by atoms with van der Waals surface area (Å²) in [7, 11) is 5.87. The predicted octanol–water partition coefficient (Wildman–Crippen LogP) is 3.03. The first-order valence-corrected chi connectivity index (χ1v) is 10.8. The molecule has 0 saturated carbocycles. The normalized spacial score (nSPS) is 15.2. The van der Waals surface area contributed by atoms with Crippen LogP contribution in [0.25, 0.3) is 10.9 Å². The van der Waals surface area contributed by atoms with E-state index in [4.69, 9.17) is 4.98 Å². The Kier molecular flexibility index (Phi) is 6.50. The molecule has 0 radical (unpaired) electrons. The summed E-state index contributed by atoms with van der Waals surface area (Å²) in [4.78, 5) is 18.1. The van der Waals surface area contributed by atoms with Gasteiger partial charge in [0.1, 0.15) is 11.6 Å². The van der Waals surface area contributed by atoms with Crippen LogP contribution in [-0.2, 0) is 6.54 Å². The van der Waals surface area contributed by atoms with Crippen LogP contribution in [0.15, 0.2) is 59.7 Å². The van der Waals surface area contributed by atoms with E-state index in [0.29, 0.717) is 12.6 Å². The van der Waals surface area contributed by atoms with Crippen molar-refractivity contribution in [2.45, 2.75) is 25.4 Å². The fourth-order valence-corrected chi connectivity index (χ4v) is 3.97. The van der Waals surface area contributed by atoms with Crippen LogP contribution in [0.2, 0.25) is 0 Å².